The smallest absolute Gasteiger partial charge is 0.350 e. The highest BCUT2D eigenvalue weighted by Gasteiger charge is 2.69. The lowest BCUT2D eigenvalue weighted by molar-refractivity contribution is -0.0476. The summed E-state index contributed by atoms with van der Waals surface area (Å²) in [4.78, 5) is 31.1. The zero-order chi connectivity index (χ0) is 39.8. The number of aliphatic hydroxyl groups excluding tert-OH is 2. The number of anilines is 1. The maximum atomic E-state index is 14.0. The number of amides is 1. The number of aromatic nitrogens is 2. The van der Waals surface area contributed by atoms with Crippen molar-refractivity contribution in [1.82, 2.24) is 9.55 Å². The molecule has 0 radical (unpaired) electrons. The molecule has 1 aliphatic rings. The lowest BCUT2D eigenvalue weighted by atomic mass is 9.64. The van der Waals surface area contributed by atoms with E-state index in [0.29, 0.717) is 17.1 Å². The molecule has 5 atom stereocenters. The number of carbonyl (C=O) groups is 1. The van der Waals surface area contributed by atoms with E-state index in [-0.39, 0.29) is 5.82 Å². The summed E-state index contributed by atoms with van der Waals surface area (Å²) in [6.07, 6.45) is -1.38. The van der Waals surface area contributed by atoms with Crippen LogP contribution in [0.4, 0.5) is 5.82 Å². The molecule has 0 aliphatic carbocycles. The van der Waals surface area contributed by atoms with Gasteiger partial charge in [0.25, 0.3) is 5.91 Å². The molecular formula is C43H49N3O7SSi. The molecule has 4 N–H and O–H groups in total. The Morgan fingerprint density at radius 1 is 0.836 bits per heavy atom. The van der Waals surface area contributed by atoms with Gasteiger partial charge in [-0.25, -0.2) is 4.79 Å². The minimum Gasteiger partial charge on any atom is -0.497 e. The zero-order valence-electron chi connectivity index (χ0n) is 32.1. The third-order valence-electron chi connectivity index (χ3n) is 11.7. The van der Waals surface area contributed by atoms with Crippen molar-refractivity contribution in [1.29, 1.82) is 0 Å². The fraction of sp³-hybridized carbons (Fsp3) is 0.326. The molecule has 1 aliphatic heterocycles. The van der Waals surface area contributed by atoms with Gasteiger partial charge in [0.1, 0.15) is 27.9 Å². The Morgan fingerprint density at radius 3 is 1.80 bits per heavy atom. The van der Waals surface area contributed by atoms with Crippen molar-refractivity contribution >= 4 is 31.6 Å². The highest BCUT2D eigenvalue weighted by Crippen LogP contribution is 2.60. The van der Waals surface area contributed by atoms with Gasteiger partial charge in [-0.05, 0) is 64.2 Å². The molecule has 0 spiro atoms. The number of methoxy groups -OCH3 is 2. The molecule has 5 aromatic rings. The zero-order valence-corrected chi connectivity index (χ0v) is 34.0. The molecule has 288 valence electrons. The summed E-state index contributed by atoms with van der Waals surface area (Å²) >= 11 is 1.16. The third-order valence-corrected chi connectivity index (χ3v) is 19.9. The van der Waals surface area contributed by atoms with Gasteiger partial charge < -0.3 is 30.1 Å². The molecule has 4 aromatic carbocycles. The summed E-state index contributed by atoms with van der Waals surface area (Å²) in [6.45, 7) is 10.1. The number of nitrogens with one attached hydrogen (secondary N) is 1. The van der Waals surface area contributed by atoms with Gasteiger partial charge in [0.05, 0.1) is 45.2 Å². The first-order chi connectivity index (χ1) is 26.1. The van der Waals surface area contributed by atoms with Gasteiger partial charge in [0.2, 0.25) is 0 Å². The number of hydrogen-bond donors (Lipinski definition) is 4. The number of carbonyl (C=O) groups excluding carboxylic acids is 1. The van der Waals surface area contributed by atoms with E-state index in [4.69, 9.17) is 9.47 Å². The highest BCUT2D eigenvalue weighted by molar-refractivity contribution is 8.00. The van der Waals surface area contributed by atoms with Crippen molar-refractivity contribution in [3.63, 3.8) is 0 Å². The number of ether oxygens (including phenoxy) is 2. The minimum absolute atomic E-state index is 0.0493. The van der Waals surface area contributed by atoms with Gasteiger partial charge >= 0.3 is 5.69 Å². The van der Waals surface area contributed by atoms with E-state index in [9.17, 15) is 24.9 Å². The maximum Gasteiger partial charge on any atom is 0.350 e. The second kappa shape index (κ2) is 15.4. The van der Waals surface area contributed by atoms with Crippen LogP contribution in [0.2, 0.25) is 18.1 Å². The van der Waals surface area contributed by atoms with Crippen molar-refractivity contribution in [3.05, 3.63) is 154 Å². The first-order valence-electron chi connectivity index (χ1n) is 18.2. The summed E-state index contributed by atoms with van der Waals surface area (Å²) in [5.74, 6) is 0.889. The van der Waals surface area contributed by atoms with Gasteiger partial charge in [0, 0.05) is 11.8 Å². The van der Waals surface area contributed by atoms with Crippen LogP contribution in [0.1, 0.15) is 53.2 Å². The van der Waals surface area contributed by atoms with Crippen LogP contribution in [-0.4, -0.2) is 75.8 Å². The van der Waals surface area contributed by atoms with Crippen LogP contribution in [0.5, 0.6) is 11.5 Å². The normalized spacial score (nSPS) is 20.8. The average Bonchev–Trinajstić information content (AvgIpc) is 3.46. The van der Waals surface area contributed by atoms with Crippen LogP contribution in [0, 0.1) is 0 Å². The van der Waals surface area contributed by atoms with Gasteiger partial charge in [-0.2, -0.15) is 4.98 Å². The van der Waals surface area contributed by atoms with E-state index in [1.165, 1.54) is 16.8 Å². The third kappa shape index (κ3) is 6.91. The molecule has 1 unspecified atom stereocenters. The van der Waals surface area contributed by atoms with Crippen LogP contribution in [-0.2, 0) is 5.41 Å². The van der Waals surface area contributed by atoms with E-state index >= 15 is 0 Å². The predicted octanol–water partition coefficient (Wildman–Crippen LogP) is 6.66. The summed E-state index contributed by atoms with van der Waals surface area (Å²) in [5, 5.41) is 37.5. The summed E-state index contributed by atoms with van der Waals surface area (Å²) < 4.78 is 12.3. The van der Waals surface area contributed by atoms with E-state index in [1.807, 2.05) is 113 Å². The maximum absolute atomic E-state index is 14.0. The number of rotatable bonds is 11. The lowest BCUT2D eigenvalue weighted by Crippen LogP contribution is -2.69. The summed E-state index contributed by atoms with van der Waals surface area (Å²) in [6, 6.07) is 34.6. The quantitative estimate of drug-likeness (QED) is 0.0855. The molecular weight excluding hydrogens is 731 g/mol. The molecule has 1 fully saturated rings. The average molecular weight is 780 g/mol. The fourth-order valence-electron chi connectivity index (χ4n) is 7.63. The van der Waals surface area contributed by atoms with Crippen molar-refractivity contribution in [3.8, 4) is 11.5 Å². The van der Waals surface area contributed by atoms with E-state index in [2.05, 4.69) is 10.3 Å². The van der Waals surface area contributed by atoms with Crippen molar-refractivity contribution in [2.45, 2.75) is 72.4 Å². The Hall–Kier alpha value is -4.72. The van der Waals surface area contributed by atoms with Gasteiger partial charge in [-0.15, -0.1) is 11.8 Å². The number of thioether (sulfide) groups is 1. The van der Waals surface area contributed by atoms with E-state index < -0.39 is 58.2 Å². The Kier molecular flexibility index (Phi) is 11.2. The van der Waals surface area contributed by atoms with Crippen LogP contribution < -0.4 is 20.5 Å². The minimum atomic E-state index is -3.04. The standard InChI is InChI=1S/C43H49N3O7SSi/c1-41(2,3)55(6,7)43(51)37(48)35(54-39(43)46-27-26-34(45-40(46)50)44-38(49)28-14-10-8-11-15-28)36(47)42(29-16-12-9-13-17-29,30-18-22-32(52-4)23-19-30)31-20-24-33(53-5)25-21-31/h8-27,35-37,39,47-48,51H,1-7H3,(H,44,45,49,50)/t35-,36?,37-,39-,43+/m1/s1. The van der Waals surface area contributed by atoms with Gasteiger partial charge in [-0.3, -0.25) is 9.36 Å². The highest BCUT2D eigenvalue weighted by atomic mass is 32.2. The van der Waals surface area contributed by atoms with Crippen LogP contribution in [0.25, 0.3) is 0 Å². The molecule has 1 amide bonds. The Labute approximate surface area is 327 Å². The SMILES string of the molecule is COc1ccc(C(c2ccccc2)(c2ccc(OC)cc2)C(O)[C@H]2S[C@@H](n3ccc(NC(=O)c4ccccc4)nc3=O)[C@@](O)([Si](C)(C)C(C)(C)C)[C@@H]2O)cc1. The first-order valence-corrected chi connectivity index (χ1v) is 22.1. The van der Waals surface area contributed by atoms with Crippen molar-refractivity contribution < 1.29 is 29.6 Å². The molecule has 0 bridgehead atoms. The molecule has 0 saturated carbocycles. The predicted molar refractivity (Wildman–Crippen MR) is 220 cm³/mol. The number of benzene rings is 4. The fourth-order valence-corrected chi connectivity index (χ4v) is 13.4. The summed E-state index contributed by atoms with van der Waals surface area (Å²) in [7, 11) is 0.140. The monoisotopic (exact) mass is 779 g/mol. The Bertz CT molecular complexity index is 2110. The number of aliphatic hydroxyl groups is 3. The molecule has 55 heavy (non-hydrogen) atoms. The van der Waals surface area contributed by atoms with E-state index in [0.717, 1.165) is 28.5 Å². The van der Waals surface area contributed by atoms with Crippen LogP contribution in [0.3, 0.4) is 0 Å². The Balaban J connectivity index is 1.53. The first kappa shape index (κ1) is 40.0. The summed E-state index contributed by atoms with van der Waals surface area (Å²) in [5.41, 5.74) is 0.590. The van der Waals surface area contributed by atoms with E-state index in [1.54, 1.807) is 44.6 Å². The topological polar surface area (TPSA) is 143 Å². The van der Waals surface area contributed by atoms with Crippen molar-refractivity contribution in [2.75, 3.05) is 19.5 Å². The second-order valence-electron chi connectivity index (χ2n) is 15.5. The second-order valence-corrected chi connectivity index (χ2v) is 22.3. The molecule has 2 heterocycles. The van der Waals surface area contributed by atoms with Crippen LogP contribution >= 0.6 is 11.8 Å². The lowest BCUT2D eigenvalue weighted by Gasteiger charge is -2.51. The largest absolute Gasteiger partial charge is 0.497 e. The molecule has 10 nitrogen and oxygen atoms in total. The van der Waals surface area contributed by atoms with Crippen molar-refractivity contribution in [2.24, 2.45) is 0 Å². The number of hydrogen-bond acceptors (Lipinski definition) is 9. The molecule has 6 rings (SSSR count). The molecule has 12 heteroatoms. The van der Waals surface area contributed by atoms with Gasteiger partial charge in [0.15, 0.2) is 0 Å². The molecule has 1 saturated heterocycles. The molecule has 1 aromatic heterocycles. The Morgan fingerprint density at radius 2 is 1.33 bits per heavy atom. The number of nitrogens with zero attached hydrogens (tertiary/aromatic N) is 2. The van der Waals surface area contributed by atoms with Gasteiger partial charge in [-0.1, -0.05) is 107 Å². The van der Waals surface area contributed by atoms with Crippen LogP contribution in [0.15, 0.2) is 126 Å².